The van der Waals surface area contributed by atoms with Gasteiger partial charge >= 0.3 is 12.4 Å². The number of hydrogen-bond donors (Lipinski definition) is 2. The second-order valence-electron chi connectivity index (χ2n) is 9.63. The molecule has 2 rings (SSSR count). The summed E-state index contributed by atoms with van der Waals surface area (Å²) in [5.41, 5.74) is 6.58. The van der Waals surface area contributed by atoms with Gasteiger partial charge in [0.25, 0.3) is 11.1 Å². The summed E-state index contributed by atoms with van der Waals surface area (Å²) < 4.78 is 127. The minimum absolute atomic E-state index is 0.0206. The van der Waals surface area contributed by atoms with Crippen molar-refractivity contribution in [1.29, 1.82) is 0 Å². The highest BCUT2D eigenvalue weighted by molar-refractivity contribution is 7.92. The number of aliphatic imine (C=N–C) groups is 1. The third-order valence-corrected chi connectivity index (χ3v) is 10.4. The number of hydrogen-bond acceptors (Lipinski definition) is 6. The summed E-state index contributed by atoms with van der Waals surface area (Å²) in [4.78, 5) is 24.3. The number of amides is 1. The Balaban J connectivity index is 0.000000434. The van der Waals surface area contributed by atoms with Crippen LogP contribution in [0.15, 0.2) is 39.0 Å². The Morgan fingerprint density at radius 3 is 1.33 bits per heavy atom. The van der Waals surface area contributed by atoms with Crippen LogP contribution in [0.2, 0.25) is 0 Å². The topological polar surface area (TPSA) is 167 Å². The molecule has 43 heavy (non-hydrogen) atoms. The van der Waals surface area contributed by atoms with Crippen molar-refractivity contribution >= 4 is 48.4 Å². The zero-order chi connectivity index (χ0) is 34.0. The first-order chi connectivity index (χ1) is 19.2. The Kier molecular flexibility index (Phi) is 11.6. The number of halogens is 7. The van der Waals surface area contributed by atoms with Crippen molar-refractivity contribution in [1.82, 2.24) is 0 Å². The Morgan fingerprint density at radius 2 is 1.05 bits per heavy atom. The minimum Gasteiger partial charge on any atom is -0.370 e. The van der Waals surface area contributed by atoms with Crippen molar-refractivity contribution < 1.29 is 52.8 Å². The van der Waals surface area contributed by atoms with Crippen molar-refractivity contribution in [2.24, 2.45) is 16.5 Å². The SMILES string of the molecule is Cc1cc(S(=O)(=O)C(C)C)c(C(F)(F)F)cc1C(=O)Cl.Cc1cc(S(=O)(=O)C(C)C)c(C(F)(F)F)cc1C(=O)N=C(N)N. The molecule has 2 aromatic carbocycles. The number of benzene rings is 2. The van der Waals surface area contributed by atoms with E-state index < -0.39 is 86.1 Å². The van der Waals surface area contributed by atoms with Crippen LogP contribution < -0.4 is 11.5 Å². The van der Waals surface area contributed by atoms with Gasteiger partial charge in [-0.3, -0.25) is 9.59 Å². The van der Waals surface area contributed by atoms with E-state index >= 15 is 0 Å². The van der Waals surface area contributed by atoms with Crippen LogP contribution in [0.4, 0.5) is 26.3 Å². The van der Waals surface area contributed by atoms with E-state index in [4.69, 9.17) is 23.1 Å². The molecule has 9 nitrogen and oxygen atoms in total. The van der Waals surface area contributed by atoms with Crippen LogP contribution in [-0.2, 0) is 32.0 Å². The smallest absolute Gasteiger partial charge is 0.370 e. The summed E-state index contributed by atoms with van der Waals surface area (Å²) in [6, 6.07) is 2.60. The number of guanidine groups is 1. The van der Waals surface area contributed by atoms with Crippen LogP contribution in [0.5, 0.6) is 0 Å². The Bertz CT molecular complexity index is 1660. The second kappa shape index (κ2) is 13.2. The summed E-state index contributed by atoms with van der Waals surface area (Å²) >= 11 is 5.20. The molecule has 0 aromatic heterocycles. The molecular weight excluding hydrogens is 652 g/mol. The van der Waals surface area contributed by atoms with Crippen LogP contribution in [0.25, 0.3) is 0 Å². The first-order valence-corrected chi connectivity index (χ1v) is 15.4. The Labute approximate surface area is 249 Å². The lowest BCUT2D eigenvalue weighted by atomic mass is 10.0. The number of carbonyl (C=O) groups is 2. The van der Waals surface area contributed by atoms with Gasteiger partial charge in [-0.15, -0.1) is 0 Å². The molecule has 0 saturated heterocycles. The van der Waals surface area contributed by atoms with E-state index in [1.165, 1.54) is 41.5 Å². The van der Waals surface area contributed by atoms with Gasteiger partial charge in [0.05, 0.1) is 31.4 Å². The summed E-state index contributed by atoms with van der Waals surface area (Å²) in [6.07, 6.45) is -9.86. The predicted octanol–water partition coefficient (Wildman–Crippen LogP) is 5.18. The molecule has 0 saturated carbocycles. The Morgan fingerprint density at radius 1 is 0.721 bits per heavy atom. The summed E-state index contributed by atoms with van der Waals surface area (Å²) in [7, 11) is -8.33. The quantitative estimate of drug-likeness (QED) is 0.182. The van der Waals surface area contributed by atoms with E-state index in [1.807, 2.05) is 0 Å². The van der Waals surface area contributed by atoms with Crippen molar-refractivity contribution in [3.63, 3.8) is 0 Å². The van der Waals surface area contributed by atoms with Crippen LogP contribution in [0.1, 0.15) is 70.7 Å². The van der Waals surface area contributed by atoms with Crippen LogP contribution in [0, 0.1) is 13.8 Å². The average molecular weight is 680 g/mol. The van der Waals surface area contributed by atoms with Gasteiger partial charge in [-0.25, -0.2) is 16.8 Å². The van der Waals surface area contributed by atoms with E-state index in [1.54, 1.807) is 0 Å². The van der Waals surface area contributed by atoms with Gasteiger partial charge in [0.1, 0.15) is 0 Å². The van der Waals surface area contributed by atoms with E-state index in [0.29, 0.717) is 12.1 Å². The zero-order valence-electron chi connectivity index (χ0n) is 23.5. The molecule has 0 aliphatic heterocycles. The van der Waals surface area contributed by atoms with Crippen molar-refractivity contribution in [3.8, 4) is 0 Å². The molecule has 0 fully saturated rings. The molecule has 240 valence electrons. The summed E-state index contributed by atoms with van der Waals surface area (Å²) in [6.45, 7) is 7.73. The molecule has 0 radical (unpaired) electrons. The molecule has 0 bridgehead atoms. The molecule has 0 aliphatic carbocycles. The van der Waals surface area contributed by atoms with Crippen molar-refractivity contribution in [2.75, 3.05) is 0 Å². The summed E-state index contributed by atoms with van der Waals surface area (Å²) in [5.74, 6) is -1.69. The zero-order valence-corrected chi connectivity index (χ0v) is 25.9. The maximum Gasteiger partial charge on any atom is 0.417 e. The fourth-order valence-corrected chi connectivity index (χ4v) is 6.27. The number of sulfone groups is 2. The number of rotatable bonds is 6. The van der Waals surface area contributed by atoms with Gasteiger partial charge < -0.3 is 11.5 Å². The van der Waals surface area contributed by atoms with Gasteiger partial charge in [-0.2, -0.15) is 31.3 Å². The molecular formula is C25H28ClF6N3O6S2. The molecule has 0 aliphatic rings. The normalized spacial score (nSPS) is 12.5. The standard InChI is InChI=1S/C13H16F3N3O3S.C12H12ClF3O3S/c1-6(2)23(21,22)10-4-7(3)8(11(20)19-12(17)18)5-9(10)13(14,15)16;1-6(2)20(18,19)10-4-7(3)8(11(13)17)5-9(10)12(14,15)16/h4-6H,1-3H3,(H4,17,18,19,20);4-6H,1-3H3. The van der Waals surface area contributed by atoms with E-state index in [0.717, 1.165) is 12.1 Å². The van der Waals surface area contributed by atoms with Crippen molar-refractivity contribution in [2.45, 2.75) is 74.2 Å². The highest BCUT2D eigenvalue weighted by atomic mass is 35.5. The van der Waals surface area contributed by atoms with E-state index in [9.17, 15) is 52.8 Å². The average Bonchev–Trinajstić information content (AvgIpc) is 2.81. The number of nitrogens with two attached hydrogens (primary N) is 2. The second-order valence-corrected chi connectivity index (χ2v) is 14.9. The molecule has 2 aromatic rings. The molecule has 0 spiro atoms. The number of alkyl halides is 6. The van der Waals surface area contributed by atoms with Gasteiger partial charge in [0.15, 0.2) is 25.6 Å². The molecule has 4 N–H and O–H groups in total. The highest BCUT2D eigenvalue weighted by Gasteiger charge is 2.40. The molecule has 18 heteroatoms. The fourth-order valence-electron chi connectivity index (χ4n) is 3.40. The first-order valence-electron chi connectivity index (χ1n) is 11.9. The van der Waals surface area contributed by atoms with E-state index in [-0.39, 0.29) is 16.7 Å². The van der Waals surface area contributed by atoms with Gasteiger partial charge in [0.2, 0.25) is 0 Å². The monoisotopic (exact) mass is 679 g/mol. The maximum absolute atomic E-state index is 13.2. The molecule has 1 amide bonds. The van der Waals surface area contributed by atoms with Crippen LogP contribution in [0.3, 0.4) is 0 Å². The van der Waals surface area contributed by atoms with Gasteiger partial charge in [-0.1, -0.05) is 0 Å². The Hall–Kier alpha value is -3.18. The number of carbonyl (C=O) groups excluding carboxylic acids is 2. The van der Waals surface area contributed by atoms with Gasteiger partial charge in [-0.05, 0) is 88.5 Å². The lowest BCUT2D eigenvalue weighted by Crippen LogP contribution is -2.25. The van der Waals surface area contributed by atoms with Crippen LogP contribution >= 0.6 is 11.6 Å². The third kappa shape index (κ3) is 8.92. The summed E-state index contributed by atoms with van der Waals surface area (Å²) in [5, 5.41) is -3.13. The highest BCUT2D eigenvalue weighted by Crippen LogP contribution is 2.38. The maximum atomic E-state index is 13.2. The third-order valence-electron chi connectivity index (χ3n) is 5.79. The molecule has 0 heterocycles. The fraction of sp³-hybridized carbons (Fsp3) is 0.400. The minimum atomic E-state index is -4.96. The lowest BCUT2D eigenvalue weighted by molar-refractivity contribution is -0.140. The number of nitrogens with zero attached hydrogens (tertiary/aromatic N) is 1. The number of aryl methyl sites for hydroxylation is 2. The lowest BCUT2D eigenvalue weighted by Gasteiger charge is -2.17. The van der Waals surface area contributed by atoms with Crippen molar-refractivity contribution in [3.05, 3.63) is 57.6 Å². The van der Waals surface area contributed by atoms with Crippen LogP contribution in [-0.4, -0.2) is 44.4 Å². The van der Waals surface area contributed by atoms with E-state index in [2.05, 4.69) is 4.99 Å². The molecule has 0 atom stereocenters. The largest absolute Gasteiger partial charge is 0.417 e. The molecule has 0 unspecified atom stereocenters. The predicted molar refractivity (Wildman–Crippen MR) is 147 cm³/mol. The van der Waals surface area contributed by atoms with Gasteiger partial charge in [0, 0.05) is 11.1 Å². The first kappa shape index (κ1) is 37.8.